The molecule has 7 atom stereocenters. The molecule has 170 valence electrons. The highest BCUT2D eigenvalue weighted by Gasteiger charge is 2.59. The first-order valence-electron chi connectivity index (χ1n) is 12.0. The molecule has 0 radical (unpaired) electrons. The number of hydrogen-bond donors (Lipinski definition) is 2. The number of fused-ring (bicyclic) bond motifs is 5. The van der Waals surface area contributed by atoms with Gasteiger partial charge in [0.2, 0.25) is 0 Å². The Morgan fingerprint density at radius 1 is 1.03 bits per heavy atom. The fraction of sp³-hybridized carbons (Fsp3) is 0.667. The van der Waals surface area contributed by atoms with Crippen molar-refractivity contribution in [3.05, 3.63) is 39.5 Å². The molecule has 0 amide bonds. The summed E-state index contributed by atoms with van der Waals surface area (Å²) in [7, 11) is 0. The van der Waals surface area contributed by atoms with Gasteiger partial charge in [-0.3, -0.25) is 4.79 Å². The Balaban J connectivity index is 0.000000245. The first kappa shape index (κ1) is 23.3. The zero-order valence-electron chi connectivity index (χ0n) is 19.1. The number of rotatable bonds is 1. The normalized spacial score (nSPS) is 41.1. The standard InChI is InChI=1S/C21H32O2.C6H5IO/c1-13(22)17-6-7-18-16-5-4-14-12-15(23)8-10-20(14,2)19(16)9-11-21(17,18)3;7-5-1-3-6(8)4-2-5/h4,15-19,23H,5-12H2,1-3H3;1-4,8H/t15-,16-,17+,18-,19-,20-,21+;/m0./s1. The fourth-order valence-electron chi connectivity index (χ4n) is 7.75. The number of benzene rings is 1. The molecule has 1 aromatic carbocycles. The molecule has 4 aliphatic carbocycles. The summed E-state index contributed by atoms with van der Waals surface area (Å²) in [4.78, 5) is 12.2. The quantitative estimate of drug-likeness (QED) is 0.318. The summed E-state index contributed by atoms with van der Waals surface area (Å²) in [6.07, 6.45) is 11.5. The molecule has 1 aromatic rings. The lowest BCUT2D eigenvalue weighted by molar-refractivity contribution is -0.127. The van der Waals surface area contributed by atoms with Gasteiger partial charge in [-0.2, -0.15) is 0 Å². The predicted molar refractivity (Wildman–Crippen MR) is 133 cm³/mol. The van der Waals surface area contributed by atoms with Crippen LogP contribution < -0.4 is 0 Å². The van der Waals surface area contributed by atoms with Crippen molar-refractivity contribution in [1.29, 1.82) is 0 Å². The highest BCUT2D eigenvalue weighted by molar-refractivity contribution is 14.1. The van der Waals surface area contributed by atoms with Gasteiger partial charge in [-0.05, 0) is 134 Å². The number of hydrogen-bond acceptors (Lipinski definition) is 3. The van der Waals surface area contributed by atoms with Crippen molar-refractivity contribution in [3.8, 4) is 5.75 Å². The van der Waals surface area contributed by atoms with Crippen LogP contribution in [0.5, 0.6) is 5.75 Å². The molecule has 0 bridgehead atoms. The third kappa shape index (κ3) is 4.23. The minimum absolute atomic E-state index is 0.117. The number of aliphatic hydroxyl groups excluding tert-OH is 1. The molecular weight excluding hydrogens is 499 g/mol. The van der Waals surface area contributed by atoms with Gasteiger partial charge in [0.1, 0.15) is 11.5 Å². The van der Waals surface area contributed by atoms with Crippen molar-refractivity contribution in [2.24, 2.45) is 34.5 Å². The first-order chi connectivity index (χ1) is 14.6. The van der Waals surface area contributed by atoms with Crippen molar-refractivity contribution < 1.29 is 15.0 Å². The Labute approximate surface area is 200 Å². The maximum Gasteiger partial charge on any atom is 0.133 e. The largest absolute Gasteiger partial charge is 0.508 e. The Morgan fingerprint density at radius 2 is 1.74 bits per heavy atom. The van der Waals surface area contributed by atoms with E-state index in [1.165, 1.54) is 25.7 Å². The highest BCUT2D eigenvalue weighted by Crippen LogP contribution is 2.66. The van der Waals surface area contributed by atoms with Crippen molar-refractivity contribution in [1.82, 2.24) is 0 Å². The lowest BCUT2D eigenvalue weighted by Crippen LogP contribution is -2.50. The van der Waals surface area contributed by atoms with E-state index in [0.29, 0.717) is 22.9 Å². The van der Waals surface area contributed by atoms with E-state index in [-0.39, 0.29) is 11.5 Å². The van der Waals surface area contributed by atoms with Crippen LogP contribution in [0.1, 0.15) is 72.1 Å². The summed E-state index contributed by atoms with van der Waals surface area (Å²) in [5, 5.41) is 18.8. The Kier molecular flexibility index (Phi) is 6.62. The molecule has 0 aromatic heterocycles. The number of phenols is 1. The smallest absolute Gasteiger partial charge is 0.133 e. The Morgan fingerprint density at radius 3 is 2.39 bits per heavy atom. The van der Waals surface area contributed by atoms with Crippen LogP contribution >= 0.6 is 22.6 Å². The van der Waals surface area contributed by atoms with E-state index in [9.17, 15) is 9.90 Å². The fourth-order valence-corrected chi connectivity index (χ4v) is 8.11. The highest BCUT2D eigenvalue weighted by atomic mass is 127. The summed E-state index contributed by atoms with van der Waals surface area (Å²) in [5.74, 6) is 3.33. The van der Waals surface area contributed by atoms with Gasteiger partial charge in [0.15, 0.2) is 0 Å². The minimum atomic E-state index is -0.117. The van der Waals surface area contributed by atoms with Crippen LogP contribution in [0.25, 0.3) is 0 Å². The van der Waals surface area contributed by atoms with E-state index in [0.717, 1.165) is 47.0 Å². The van der Waals surface area contributed by atoms with Crippen LogP contribution in [0.15, 0.2) is 35.9 Å². The summed E-state index contributed by atoms with van der Waals surface area (Å²) < 4.78 is 1.14. The molecule has 3 saturated carbocycles. The van der Waals surface area contributed by atoms with E-state index >= 15 is 0 Å². The monoisotopic (exact) mass is 536 g/mol. The molecule has 3 nitrogen and oxygen atoms in total. The molecule has 3 fully saturated rings. The van der Waals surface area contributed by atoms with Crippen LogP contribution in [-0.2, 0) is 4.79 Å². The first-order valence-corrected chi connectivity index (χ1v) is 13.1. The zero-order valence-corrected chi connectivity index (χ0v) is 21.3. The molecule has 0 unspecified atom stereocenters. The van der Waals surface area contributed by atoms with E-state index in [1.807, 2.05) is 19.1 Å². The maximum atomic E-state index is 12.2. The van der Waals surface area contributed by atoms with E-state index in [1.54, 1.807) is 17.7 Å². The molecular formula is C27H37IO3. The van der Waals surface area contributed by atoms with Gasteiger partial charge in [0.25, 0.3) is 0 Å². The second-order valence-electron chi connectivity index (χ2n) is 10.9. The number of carbonyl (C=O) groups excluding carboxylic acids is 1. The second-order valence-corrected chi connectivity index (χ2v) is 12.2. The minimum Gasteiger partial charge on any atom is -0.508 e. The SMILES string of the molecule is CC(=O)[C@H]1CC[C@H]2[C@@H]3CC=C4C[C@@H](O)CC[C@]4(C)[C@H]3CC[C@]12C.Oc1ccc(I)cc1. The predicted octanol–water partition coefficient (Wildman–Crippen LogP) is 6.51. The summed E-state index contributed by atoms with van der Waals surface area (Å²) in [6, 6.07) is 7.05. The number of halogens is 1. The van der Waals surface area contributed by atoms with Gasteiger partial charge in [0.05, 0.1) is 6.10 Å². The molecule has 4 aliphatic rings. The number of ketones is 1. The van der Waals surface area contributed by atoms with Crippen LogP contribution in [0.2, 0.25) is 0 Å². The summed E-state index contributed by atoms with van der Waals surface area (Å²) in [6.45, 7) is 6.70. The summed E-state index contributed by atoms with van der Waals surface area (Å²) >= 11 is 2.19. The van der Waals surface area contributed by atoms with Crippen LogP contribution in [0, 0.1) is 38.1 Å². The summed E-state index contributed by atoms with van der Waals surface area (Å²) in [5.41, 5.74) is 2.11. The molecule has 4 heteroatoms. The topological polar surface area (TPSA) is 57.5 Å². The van der Waals surface area contributed by atoms with Crippen molar-refractivity contribution >= 4 is 28.4 Å². The Bertz CT molecular complexity index is 826. The molecule has 2 N–H and O–H groups in total. The van der Waals surface area contributed by atoms with Gasteiger partial charge < -0.3 is 10.2 Å². The molecule has 5 rings (SSSR count). The molecule has 0 saturated heterocycles. The molecule has 0 spiro atoms. The van der Waals surface area contributed by atoms with Crippen molar-refractivity contribution in [2.75, 3.05) is 0 Å². The van der Waals surface area contributed by atoms with Crippen LogP contribution in [-0.4, -0.2) is 22.1 Å². The molecule has 0 heterocycles. The lowest BCUT2D eigenvalue weighted by atomic mass is 9.47. The number of allylic oxidation sites excluding steroid dienone is 1. The van der Waals surface area contributed by atoms with Gasteiger partial charge in [-0.25, -0.2) is 0 Å². The maximum absolute atomic E-state index is 12.2. The molecule has 31 heavy (non-hydrogen) atoms. The van der Waals surface area contributed by atoms with Crippen LogP contribution in [0.4, 0.5) is 0 Å². The lowest BCUT2D eigenvalue weighted by Gasteiger charge is -2.57. The van der Waals surface area contributed by atoms with Gasteiger partial charge in [-0.15, -0.1) is 0 Å². The Hall–Kier alpha value is -0.880. The van der Waals surface area contributed by atoms with Gasteiger partial charge in [-0.1, -0.05) is 25.5 Å². The number of carbonyl (C=O) groups is 1. The average molecular weight is 536 g/mol. The third-order valence-corrected chi connectivity index (χ3v) is 10.1. The van der Waals surface area contributed by atoms with E-state index in [4.69, 9.17) is 5.11 Å². The van der Waals surface area contributed by atoms with Gasteiger partial charge in [0, 0.05) is 9.49 Å². The molecule has 0 aliphatic heterocycles. The second kappa shape index (κ2) is 8.81. The van der Waals surface area contributed by atoms with E-state index in [2.05, 4.69) is 42.5 Å². The number of aromatic hydroxyl groups is 1. The number of phenolic OH excluding ortho intramolecular Hbond substituents is 1. The van der Waals surface area contributed by atoms with Crippen molar-refractivity contribution in [3.63, 3.8) is 0 Å². The zero-order chi connectivity index (χ0) is 22.4. The van der Waals surface area contributed by atoms with Crippen LogP contribution in [0.3, 0.4) is 0 Å². The average Bonchev–Trinajstić information content (AvgIpc) is 3.09. The van der Waals surface area contributed by atoms with E-state index < -0.39 is 0 Å². The van der Waals surface area contributed by atoms with Crippen molar-refractivity contribution in [2.45, 2.75) is 78.2 Å². The van der Waals surface area contributed by atoms with Gasteiger partial charge >= 0.3 is 0 Å². The third-order valence-electron chi connectivity index (χ3n) is 9.40. The number of Topliss-reactive ketones (excluding diaryl/α,β-unsaturated/α-hetero) is 1. The number of aliphatic hydroxyl groups is 1.